The first kappa shape index (κ1) is 11.0. The maximum absolute atomic E-state index is 11.0. The van der Waals surface area contributed by atoms with Crippen LogP contribution in [0.1, 0.15) is 16.1 Å². The number of hydrogen-bond acceptors (Lipinski definition) is 5. The van der Waals surface area contributed by atoms with E-state index in [4.69, 9.17) is 20.6 Å². The van der Waals surface area contributed by atoms with Crippen molar-refractivity contribution in [3.8, 4) is 5.88 Å². The fourth-order valence-corrected chi connectivity index (χ4v) is 1.28. The second-order valence-corrected chi connectivity index (χ2v) is 3.34. The minimum Gasteiger partial charge on any atom is -0.469 e. The number of pyridine rings is 1. The molecule has 2 heterocycles. The minimum absolute atomic E-state index is 0.189. The number of nitrogens with two attached hydrogens (primary N) is 2. The number of nitrogens with zero attached hydrogens (tertiary/aromatic N) is 1. The van der Waals surface area contributed by atoms with Crippen molar-refractivity contribution in [3.05, 3.63) is 42.0 Å². The Morgan fingerprint density at radius 1 is 1.53 bits per heavy atom. The van der Waals surface area contributed by atoms with E-state index in [0.717, 1.165) is 0 Å². The van der Waals surface area contributed by atoms with Crippen molar-refractivity contribution in [2.24, 2.45) is 5.73 Å². The van der Waals surface area contributed by atoms with Crippen LogP contribution in [-0.4, -0.2) is 10.9 Å². The predicted molar refractivity (Wildman–Crippen MR) is 60.2 cm³/mol. The molecule has 0 aliphatic carbocycles. The average Bonchev–Trinajstić information content (AvgIpc) is 2.80. The lowest BCUT2D eigenvalue weighted by atomic mass is 10.2. The highest BCUT2D eigenvalue weighted by Crippen LogP contribution is 2.17. The molecular formula is C11H11N3O3. The fourth-order valence-electron chi connectivity index (χ4n) is 1.28. The van der Waals surface area contributed by atoms with E-state index >= 15 is 0 Å². The summed E-state index contributed by atoms with van der Waals surface area (Å²) in [4.78, 5) is 15.0. The van der Waals surface area contributed by atoms with E-state index in [1.54, 1.807) is 18.4 Å². The Hall–Kier alpha value is -2.50. The molecule has 0 aliphatic heterocycles. The second-order valence-electron chi connectivity index (χ2n) is 3.34. The summed E-state index contributed by atoms with van der Waals surface area (Å²) >= 11 is 0. The molecule has 2 rings (SSSR count). The van der Waals surface area contributed by atoms with Crippen LogP contribution in [0, 0.1) is 0 Å². The van der Waals surface area contributed by atoms with Crippen LogP contribution in [0.3, 0.4) is 0 Å². The van der Waals surface area contributed by atoms with Gasteiger partial charge in [0.15, 0.2) is 0 Å². The Bertz CT molecular complexity index is 523. The number of amides is 1. The van der Waals surface area contributed by atoms with Crippen molar-refractivity contribution in [1.29, 1.82) is 0 Å². The number of carbonyl (C=O) groups is 1. The number of anilines is 1. The van der Waals surface area contributed by atoms with Crippen LogP contribution in [0.5, 0.6) is 5.88 Å². The number of rotatable bonds is 4. The Balaban J connectivity index is 2.11. The molecule has 0 aromatic carbocycles. The van der Waals surface area contributed by atoms with E-state index in [1.165, 1.54) is 12.3 Å². The first-order valence-corrected chi connectivity index (χ1v) is 4.87. The SMILES string of the molecule is NC(=O)c1cc(OCc2ccco2)ncc1N. The summed E-state index contributed by atoms with van der Waals surface area (Å²) in [5.74, 6) is 0.307. The normalized spacial score (nSPS) is 10.1. The van der Waals surface area contributed by atoms with Gasteiger partial charge in [-0.3, -0.25) is 4.79 Å². The Kier molecular flexibility index (Phi) is 2.95. The van der Waals surface area contributed by atoms with E-state index in [0.29, 0.717) is 5.76 Å². The maximum Gasteiger partial charge on any atom is 0.251 e. The van der Waals surface area contributed by atoms with E-state index in [2.05, 4.69) is 4.98 Å². The van der Waals surface area contributed by atoms with Gasteiger partial charge in [-0.05, 0) is 12.1 Å². The summed E-state index contributed by atoms with van der Waals surface area (Å²) in [5, 5.41) is 0. The number of hydrogen-bond donors (Lipinski definition) is 2. The first-order valence-electron chi connectivity index (χ1n) is 4.87. The van der Waals surface area contributed by atoms with Crippen molar-refractivity contribution >= 4 is 11.6 Å². The quantitative estimate of drug-likeness (QED) is 0.817. The highest BCUT2D eigenvalue weighted by molar-refractivity contribution is 5.97. The molecule has 0 bridgehead atoms. The van der Waals surface area contributed by atoms with Gasteiger partial charge in [0.25, 0.3) is 5.91 Å². The highest BCUT2D eigenvalue weighted by atomic mass is 16.5. The highest BCUT2D eigenvalue weighted by Gasteiger charge is 2.08. The smallest absolute Gasteiger partial charge is 0.251 e. The van der Waals surface area contributed by atoms with E-state index in [9.17, 15) is 4.79 Å². The van der Waals surface area contributed by atoms with Gasteiger partial charge in [0.05, 0.1) is 23.7 Å². The van der Waals surface area contributed by atoms with E-state index in [-0.39, 0.29) is 23.7 Å². The zero-order valence-electron chi connectivity index (χ0n) is 8.92. The topological polar surface area (TPSA) is 104 Å². The summed E-state index contributed by atoms with van der Waals surface area (Å²) < 4.78 is 10.4. The van der Waals surface area contributed by atoms with Gasteiger partial charge in [0.1, 0.15) is 12.4 Å². The van der Waals surface area contributed by atoms with Gasteiger partial charge in [-0.2, -0.15) is 0 Å². The lowest BCUT2D eigenvalue weighted by molar-refractivity contribution is 0.100. The first-order chi connectivity index (χ1) is 8.16. The number of carbonyl (C=O) groups excluding carboxylic acids is 1. The van der Waals surface area contributed by atoms with Crippen LogP contribution in [0.4, 0.5) is 5.69 Å². The van der Waals surface area contributed by atoms with E-state index in [1.807, 2.05) is 0 Å². The second kappa shape index (κ2) is 4.56. The zero-order chi connectivity index (χ0) is 12.3. The summed E-state index contributed by atoms with van der Waals surface area (Å²) in [6.07, 6.45) is 2.88. The number of nitrogen functional groups attached to an aromatic ring is 1. The number of ether oxygens (including phenoxy) is 1. The number of primary amides is 1. The van der Waals surface area contributed by atoms with Gasteiger partial charge in [-0.1, -0.05) is 0 Å². The van der Waals surface area contributed by atoms with Gasteiger partial charge in [0, 0.05) is 6.07 Å². The molecular weight excluding hydrogens is 222 g/mol. The molecule has 17 heavy (non-hydrogen) atoms. The van der Waals surface area contributed by atoms with Crippen LogP contribution < -0.4 is 16.2 Å². The van der Waals surface area contributed by atoms with Crippen LogP contribution in [0.2, 0.25) is 0 Å². The number of furan rings is 1. The lowest BCUT2D eigenvalue weighted by Gasteiger charge is -2.06. The van der Waals surface area contributed by atoms with Crippen molar-refractivity contribution < 1.29 is 13.9 Å². The molecule has 0 fully saturated rings. The Morgan fingerprint density at radius 2 is 2.35 bits per heavy atom. The molecule has 0 aliphatic rings. The molecule has 0 atom stereocenters. The van der Waals surface area contributed by atoms with Gasteiger partial charge >= 0.3 is 0 Å². The van der Waals surface area contributed by atoms with Crippen molar-refractivity contribution in [2.75, 3.05) is 5.73 Å². The Labute approximate surface area is 97.2 Å². The lowest BCUT2D eigenvalue weighted by Crippen LogP contribution is -2.14. The molecule has 0 saturated carbocycles. The van der Waals surface area contributed by atoms with Crippen molar-refractivity contribution in [1.82, 2.24) is 4.98 Å². The number of aromatic nitrogens is 1. The Morgan fingerprint density at radius 3 is 3.00 bits per heavy atom. The summed E-state index contributed by atoms with van der Waals surface area (Å²) in [5.41, 5.74) is 11.1. The average molecular weight is 233 g/mol. The summed E-state index contributed by atoms with van der Waals surface area (Å²) in [6.45, 7) is 0.224. The molecule has 2 aromatic heterocycles. The molecule has 0 spiro atoms. The molecule has 88 valence electrons. The molecule has 2 aromatic rings. The summed E-state index contributed by atoms with van der Waals surface area (Å²) in [7, 11) is 0. The van der Waals surface area contributed by atoms with Crippen LogP contribution >= 0.6 is 0 Å². The van der Waals surface area contributed by atoms with E-state index < -0.39 is 5.91 Å². The summed E-state index contributed by atoms with van der Waals surface area (Å²) in [6, 6.07) is 4.93. The third-order valence-electron chi connectivity index (χ3n) is 2.12. The van der Waals surface area contributed by atoms with Gasteiger partial charge in [-0.15, -0.1) is 0 Å². The predicted octanol–water partition coefficient (Wildman–Crippen LogP) is 0.935. The fraction of sp³-hybridized carbons (Fsp3) is 0.0909. The van der Waals surface area contributed by atoms with Crippen LogP contribution in [-0.2, 0) is 6.61 Å². The zero-order valence-corrected chi connectivity index (χ0v) is 8.92. The minimum atomic E-state index is -0.618. The molecule has 0 radical (unpaired) electrons. The van der Waals surface area contributed by atoms with Crippen LogP contribution in [0.25, 0.3) is 0 Å². The molecule has 0 saturated heterocycles. The monoisotopic (exact) mass is 233 g/mol. The third-order valence-corrected chi connectivity index (χ3v) is 2.12. The standard InChI is InChI=1S/C11H11N3O3/c12-9-5-14-10(4-8(9)11(13)15)17-6-7-2-1-3-16-7/h1-5H,6,12H2,(H2,13,15). The third kappa shape index (κ3) is 2.54. The van der Waals surface area contributed by atoms with Crippen molar-refractivity contribution in [2.45, 2.75) is 6.61 Å². The molecule has 4 N–H and O–H groups in total. The molecule has 6 heteroatoms. The molecule has 0 unspecified atom stereocenters. The molecule has 1 amide bonds. The van der Waals surface area contributed by atoms with Gasteiger partial charge in [0.2, 0.25) is 5.88 Å². The van der Waals surface area contributed by atoms with Crippen molar-refractivity contribution in [3.63, 3.8) is 0 Å². The van der Waals surface area contributed by atoms with Gasteiger partial charge < -0.3 is 20.6 Å². The molecule has 6 nitrogen and oxygen atoms in total. The van der Waals surface area contributed by atoms with Crippen LogP contribution in [0.15, 0.2) is 35.1 Å². The van der Waals surface area contributed by atoms with Gasteiger partial charge in [-0.25, -0.2) is 4.98 Å². The largest absolute Gasteiger partial charge is 0.469 e. The maximum atomic E-state index is 11.0.